The average Bonchev–Trinajstić information content (AvgIpc) is 2.80. The van der Waals surface area contributed by atoms with Crippen molar-refractivity contribution in [3.8, 4) is 0 Å². The van der Waals surface area contributed by atoms with Crippen LogP contribution in [0.4, 0.5) is 8.78 Å². The summed E-state index contributed by atoms with van der Waals surface area (Å²) in [6.07, 6.45) is 4.06. The van der Waals surface area contributed by atoms with Crippen molar-refractivity contribution in [2.24, 2.45) is 0 Å². The Kier molecular flexibility index (Phi) is 3.50. The third-order valence-corrected chi connectivity index (χ3v) is 2.56. The van der Waals surface area contributed by atoms with E-state index in [1.807, 2.05) is 6.92 Å². The van der Waals surface area contributed by atoms with E-state index in [0.29, 0.717) is 6.54 Å². The molecule has 0 fully saturated rings. The molecule has 0 aliphatic carbocycles. The number of imidazole rings is 1. The highest BCUT2D eigenvalue weighted by Gasteiger charge is 2.16. The lowest BCUT2D eigenvalue weighted by Crippen LogP contribution is -2.11. The summed E-state index contributed by atoms with van der Waals surface area (Å²) in [6, 6.07) is 3.09. The number of carbonyl (C=O) groups excluding carboxylic acids is 1. The maximum atomic E-state index is 13.1. The highest BCUT2D eigenvalue weighted by Crippen LogP contribution is 2.13. The second kappa shape index (κ2) is 5.08. The molecule has 0 aliphatic rings. The Morgan fingerprint density at radius 2 is 2.11 bits per heavy atom. The third kappa shape index (κ3) is 2.30. The van der Waals surface area contributed by atoms with E-state index in [1.54, 1.807) is 10.8 Å². The number of carbonyl (C=O) groups is 1. The lowest BCUT2D eigenvalue weighted by atomic mass is 10.1. The molecular weight excluding hydrogens is 238 g/mol. The SMILES string of the molecule is CCCn1ccnc1C(=O)c1ccc(F)c(F)c1. The average molecular weight is 250 g/mol. The zero-order valence-electron chi connectivity index (χ0n) is 9.86. The number of rotatable bonds is 4. The number of aromatic nitrogens is 2. The summed E-state index contributed by atoms with van der Waals surface area (Å²) in [5.41, 5.74) is 0.0949. The van der Waals surface area contributed by atoms with Crippen LogP contribution in [-0.4, -0.2) is 15.3 Å². The van der Waals surface area contributed by atoms with Crippen LogP contribution in [0.2, 0.25) is 0 Å². The molecule has 18 heavy (non-hydrogen) atoms. The van der Waals surface area contributed by atoms with Crippen molar-refractivity contribution in [1.82, 2.24) is 9.55 Å². The van der Waals surface area contributed by atoms with Crippen molar-refractivity contribution >= 4 is 5.78 Å². The first-order chi connectivity index (χ1) is 8.63. The van der Waals surface area contributed by atoms with Gasteiger partial charge in [0.05, 0.1) is 0 Å². The van der Waals surface area contributed by atoms with Gasteiger partial charge in [0.2, 0.25) is 5.78 Å². The van der Waals surface area contributed by atoms with Crippen LogP contribution in [0.3, 0.4) is 0 Å². The predicted molar refractivity (Wildman–Crippen MR) is 62.3 cm³/mol. The van der Waals surface area contributed by atoms with Crippen LogP contribution in [0.25, 0.3) is 0 Å². The molecule has 0 aliphatic heterocycles. The van der Waals surface area contributed by atoms with Gasteiger partial charge in [-0.25, -0.2) is 13.8 Å². The largest absolute Gasteiger partial charge is 0.328 e. The van der Waals surface area contributed by atoms with Crippen LogP contribution in [-0.2, 0) is 6.54 Å². The summed E-state index contributed by atoms with van der Waals surface area (Å²) in [4.78, 5) is 16.1. The summed E-state index contributed by atoms with van der Waals surface area (Å²) < 4.78 is 27.6. The molecule has 0 spiro atoms. The van der Waals surface area contributed by atoms with E-state index in [1.165, 1.54) is 12.3 Å². The van der Waals surface area contributed by atoms with Crippen LogP contribution < -0.4 is 0 Å². The first-order valence-electron chi connectivity index (χ1n) is 5.64. The van der Waals surface area contributed by atoms with Crippen molar-refractivity contribution in [3.05, 3.63) is 53.6 Å². The number of benzene rings is 1. The third-order valence-electron chi connectivity index (χ3n) is 2.56. The highest BCUT2D eigenvalue weighted by molar-refractivity contribution is 6.06. The minimum absolute atomic E-state index is 0.0949. The molecule has 0 radical (unpaired) electrons. The molecule has 0 amide bonds. The van der Waals surface area contributed by atoms with E-state index in [2.05, 4.69) is 4.98 Å². The molecule has 0 atom stereocenters. The van der Waals surface area contributed by atoms with E-state index in [-0.39, 0.29) is 11.4 Å². The second-order valence-electron chi connectivity index (χ2n) is 3.90. The molecule has 1 aromatic heterocycles. The molecule has 0 bridgehead atoms. The first kappa shape index (κ1) is 12.4. The van der Waals surface area contributed by atoms with Crippen molar-refractivity contribution in [2.45, 2.75) is 19.9 Å². The van der Waals surface area contributed by atoms with E-state index in [4.69, 9.17) is 0 Å². The Bertz CT molecular complexity index is 578. The Morgan fingerprint density at radius 3 is 2.78 bits per heavy atom. The molecule has 94 valence electrons. The van der Waals surface area contributed by atoms with E-state index in [9.17, 15) is 13.6 Å². The van der Waals surface area contributed by atoms with Gasteiger partial charge in [-0.3, -0.25) is 4.79 Å². The van der Waals surface area contributed by atoms with Crippen molar-refractivity contribution in [3.63, 3.8) is 0 Å². The summed E-state index contributed by atoms with van der Waals surface area (Å²) in [5.74, 6) is -2.17. The maximum Gasteiger partial charge on any atom is 0.228 e. The number of halogens is 2. The van der Waals surface area contributed by atoms with Gasteiger partial charge in [0.25, 0.3) is 0 Å². The van der Waals surface area contributed by atoms with E-state index < -0.39 is 17.4 Å². The van der Waals surface area contributed by atoms with Gasteiger partial charge in [0.1, 0.15) is 0 Å². The lowest BCUT2D eigenvalue weighted by molar-refractivity contribution is 0.102. The molecule has 2 aromatic rings. The monoisotopic (exact) mass is 250 g/mol. The van der Waals surface area contributed by atoms with Gasteiger partial charge in [-0.2, -0.15) is 0 Å². The maximum absolute atomic E-state index is 13.1. The fourth-order valence-corrected chi connectivity index (χ4v) is 1.71. The minimum atomic E-state index is -1.03. The second-order valence-corrected chi connectivity index (χ2v) is 3.90. The number of hydrogen-bond donors (Lipinski definition) is 0. The van der Waals surface area contributed by atoms with Crippen LogP contribution in [0.1, 0.15) is 29.5 Å². The predicted octanol–water partition coefficient (Wildman–Crippen LogP) is 2.80. The standard InChI is InChI=1S/C13H12F2N2O/c1-2-6-17-7-5-16-13(17)12(18)9-3-4-10(14)11(15)8-9/h3-5,7-8H,2,6H2,1H3. The summed E-state index contributed by atoms with van der Waals surface area (Å²) in [7, 11) is 0. The fourth-order valence-electron chi connectivity index (χ4n) is 1.71. The Labute approximate surface area is 103 Å². The van der Waals surface area contributed by atoms with Gasteiger partial charge in [-0.05, 0) is 24.6 Å². The summed E-state index contributed by atoms with van der Waals surface area (Å²) >= 11 is 0. The highest BCUT2D eigenvalue weighted by atomic mass is 19.2. The van der Waals surface area contributed by atoms with Crippen molar-refractivity contribution < 1.29 is 13.6 Å². The Balaban J connectivity index is 2.35. The smallest absolute Gasteiger partial charge is 0.228 e. The first-order valence-corrected chi connectivity index (χ1v) is 5.64. The molecule has 1 heterocycles. The molecule has 1 aromatic carbocycles. The van der Waals surface area contributed by atoms with Crippen LogP contribution in [0.15, 0.2) is 30.6 Å². The molecule has 0 saturated carbocycles. The molecule has 5 heteroatoms. The summed E-state index contributed by atoms with van der Waals surface area (Å²) in [6.45, 7) is 2.64. The number of hydrogen-bond acceptors (Lipinski definition) is 2. The zero-order valence-corrected chi connectivity index (χ0v) is 9.86. The van der Waals surface area contributed by atoms with Crippen molar-refractivity contribution in [2.75, 3.05) is 0 Å². The molecule has 2 rings (SSSR count). The lowest BCUT2D eigenvalue weighted by Gasteiger charge is -2.05. The Hall–Kier alpha value is -2.04. The number of nitrogens with zero attached hydrogens (tertiary/aromatic N) is 2. The van der Waals surface area contributed by atoms with E-state index in [0.717, 1.165) is 18.6 Å². The molecule has 3 nitrogen and oxygen atoms in total. The van der Waals surface area contributed by atoms with Gasteiger partial charge in [0.15, 0.2) is 17.5 Å². The van der Waals surface area contributed by atoms with Gasteiger partial charge in [0, 0.05) is 24.5 Å². The summed E-state index contributed by atoms with van der Waals surface area (Å²) in [5, 5.41) is 0. The van der Waals surface area contributed by atoms with Gasteiger partial charge in [-0.15, -0.1) is 0 Å². The molecular formula is C13H12F2N2O. The zero-order chi connectivity index (χ0) is 13.1. The quantitative estimate of drug-likeness (QED) is 0.782. The number of aryl methyl sites for hydroxylation is 1. The molecule has 0 saturated heterocycles. The normalized spacial score (nSPS) is 10.6. The van der Waals surface area contributed by atoms with Gasteiger partial charge >= 0.3 is 0 Å². The van der Waals surface area contributed by atoms with Crippen LogP contribution in [0, 0.1) is 11.6 Å². The minimum Gasteiger partial charge on any atom is -0.328 e. The Morgan fingerprint density at radius 1 is 1.33 bits per heavy atom. The molecule has 0 unspecified atom stereocenters. The van der Waals surface area contributed by atoms with Crippen LogP contribution in [0.5, 0.6) is 0 Å². The van der Waals surface area contributed by atoms with Gasteiger partial charge in [-0.1, -0.05) is 6.92 Å². The van der Waals surface area contributed by atoms with Crippen molar-refractivity contribution in [1.29, 1.82) is 0 Å². The topological polar surface area (TPSA) is 34.9 Å². The fraction of sp³-hybridized carbons (Fsp3) is 0.231. The van der Waals surface area contributed by atoms with Crippen LogP contribution >= 0.6 is 0 Å². The van der Waals surface area contributed by atoms with E-state index >= 15 is 0 Å². The van der Waals surface area contributed by atoms with Gasteiger partial charge < -0.3 is 4.57 Å². The number of ketones is 1. The molecule has 0 N–H and O–H groups in total.